The minimum atomic E-state index is -1.83. The number of carbonyl (C=O) groups excluding carboxylic acids is 2. The van der Waals surface area contributed by atoms with Crippen molar-refractivity contribution >= 4 is 11.9 Å². The van der Waals surface area contributed by atoms with Crippen molar-refractivity contribution in [2.24, 2.45) is 34.5 Å². The van der Waals surface area contributed by atoms with Crippen molar-refractivity contribution in [1.82, 2.24) is 4.90 Å². The lowest BCUT2D eigenvalue weighted by atomic mass is 9.42. The number of hydrogen-bond donors (Lipinski definition) is 3. The zero-order chi connectivity index (χ0) is 33.0. The van der Waals surface area contributed by atoms with Crippen LogP contribution in [-0.4, -0.2) is 134 Å². The molecule has 7 bridgehead atoms. The molecule has 1 aliphatic heterocycles. The van der Waals surface area contributed by atoms with Gasteiger partial charge in [-0.15, -0.1) is 0 Å². The number of ether oxygens (including phenoxy) is 6. The summed E-state index contributed by atoms with van der Waals surface area (Å²) < 4.78 is 37.4. The second-order valence-corrected chi connectivity index (χ2v) is 14.4. The van der Waals surface area contributed by atoms with Crippen LogP contribution in [-0.2, 0) is 33.2 Å². The fourth-order valence-corrected chi connectivity index (χ4v) is 12.3. The van der Waals surface area contributed by atoms with Crippen LogP contribution in [0.4, 0.5) is 0 Å². The molecule has 2 unspecified atom stereocenters. The van der Waals surface area contributed by atoms with Gasteiger partial charge in [0.25, 0.3) is 0 Å². The number of methoxy groups -OCH3 is 4. The van der Waals surface area contributed by atoms with E-state index in [4.69, 9.17) is 28.4 Å². The van der Waals surface area contributed by atoms with Gasteiger partial charge in [0, 0.05) is 83.0 Å². The van der Waals surface area contributed by atoms with Gasteiger partial charge in [-0.1, -0.05) is 25.1 Å². The Morgan fingerprint density at radius 3 is 2.30 bits per heavy atom. The number of esters is 2. The van der Waals surface area contributed by atoms with Crippen LogP contribution in [0.1, 0.15) is 37.0 Å². The van der Waals surface area contributed by atoms with E-state index in [9.17, 15) is 24.9 Å². The molecule has 12 heteroatoms. The Kier molecular flexibility index (Phi) is 7.69. The first-order valence-electron chi connectivity index (χ1n) is 16.3. The smallest absolute Gasteiger partial charge is 0.338 e. The Bertz CT molecular complexity index is 1360. The number of fused-ring (bicyclic) bond motifs is 2. The molecule has 6 aliphatic rings. The van der Waals surface area contributed by atoms with Crippen molar-refractivity contribution in [1.29, 1.82) is 0 Å². The van der Waals surface area contributed by atoms with Crippen molar-refractivity contribution in [2.75, 3.05) is 48.1 Å². The summed E-state index contributed by atoms with van der Waals surface area (Å²) in [5, 5.41) is 37.3. The van der Waals surface area contributed by atoms with Crippen molar-refractivity contribution in [3.05, 3.63) is 35.9 Å². The van der Waals surface area contributed by atoms with Crippen LogP contribution in [0.25, 0.3) is 0 Å². The molecule has 0 amide bonds. The van der Waals surface area contributed by atoms with Gasteiger partial charge in [0.05, 0.1) is 30.5 Å². The first kappa shape index (κ1) is 32.4. The molecule has 0 aromatic heterocycles. The van der Waals surface area contributed by atoms with E-state index in [-0.39, 0.29) is 25.0 Å². The number of aliphatic hydroxyl groups excluding tert-OH is 2. The van der Waals surface area contributed by atoms with Gasteiger partial charge in [-0.3, -0.25) is 9.69 Å². The van der Waals surface area contributed by atoms with Crippen LogP contribution in [0.5, 0.6) is 0 Å². The third-order valence-electron chi connectivity index (χ3n) is 13.2. The first-order chi connectivity index (χ1) is 22.0. The van der Waals surface area contributed by atoms with E-state index in [1.807, 2.05) is 6.92 Å². The van der Waals surface area contributed by atoms with E-state index < -0.39 is 88.3 Å². The maximum Gasteiger partial charge on any atom is 0.338 e. The van der Waals surface area contributed by atoms with Crippen LogP contribution >= 0.6 is 0 Å². The van der Waals surface area contributed by atoms with Crippen molar-refractivity contribution < 1.29 is 53.3 Å². The molecule has 46 heavy (non-hydrogen) atoms. The number of benzene rings is 1. The number of carbonyl (C=O) groups is 2. The average molecular weight is 646 g/mol. The summed E-state index contributed by atoms with van der Waals surface area (Å²) in [7, 11) is 6.27. The Balaban J connectivity index is 1.53. The van der Waals surface area contributed by atoms with Gasteiger partial charge in [0.2, 0.25) is 0 Å². The number of nitrogens with zero attached hydrogens (tertiary/aromatic N) is 1. The molecule has 0 radical (unpaired) electrons. The largest absolute Gasteiger partial charge is 0.455 e. The molecular formula is C34H47NO11. The van der Waals surface area contributed by atoms with E-state index in [0.29, 0.717) is 25.1 Å². The molecule has 5 aliphatic carbocycles. The monoisotopic (exact) mass is 645 g/mol. The van der Waals surface area contributed by atoms with E-state index in [2.05, 4.69) is 4.90 Å². The molecule has 3 N–H and O–H groups in total. The summed E-state index contributed by atoms with van der Waals surface area (Å²) in [6.45, 7) is 4.68. The quantitative estimate of drug-likeness (QED) is 0.323. The molecule has 5 saturated carbocycles. The highest BCUT2D eigenvalue weighted by Gasteiger charge is 2.92. The van der Waals surface area contributed by atoms with Gasteiger partial charge in [0.15, 0.2) is 5.60 Å². The molecule has 6 fully saturated rings. The third kappa shape index (κ3) is 3.62. The predicted octanol–water partition coefficient (Wildman–Crippen LogP) is 0.648. The highest BCUT2D eigenvalue weighted by Crippen LogP contribution is 2.80. The number of rotatable bonds is 9. The van der Waals surface area contributed by atoms with E-state index in [1.165, 1.54) is 14.0 Å². The maximum absolute atomic E-state index is 13.8. The lowest BCUT2D eigenvalue weighted by Gasteiger charge is -2.70. The second-order valence-electron chi connectivity index (χ2n) is 14.4. The van der Waals surface area contributed by atoms with Gasteiger partial charge < -0.3 is 43.7 Å². The van der Waals surface area contributed by atoms with Crippen LogP contribution in [0, 0.1) is 34.5 Å². The maximum atomic E-state index is 13.8. The predicted molar refractivity (Wildman–Crippen MR) is 160 cm³/mol. The minimum absolute atomic E-state index is 0.0791. The van der Waals surface area contributed by atoms with E-state index in [0.717, 1.165) is 0 Å². The summed E-state index contributed by atoms with van der Waals surface area (Å²) in [6.07, 6.45) is -5.49. The fraction of sp³-hybridized carbons (Fsp3) is 0.765. The molecule has 1 aromatic rings. The zero-order valence-corrected chi connectivity index (χ0v) is 27.3. The molecule has 12 nitrogen and oxygen atoms in total. The van der Waals surface area contributed by atoms with Gasteiger partial charge in [-0.25, -0.2) is 4.79 Å². The Hall–Kier alpha value is -2.16. The van der Waals surface area contributed by atoms with Crippen LogP contribution in [0.15, 0.2) is 30.3 Å². The van der Waals surface area contributed by atoms with Crippen molar-refractivity contribution in [2.45, 2.75) is 80.6 Å². The summed E-state index contributed by atoms with van der Waals surface area (Å²) in [6, 6.07) is 8.18. The molecular weight excluding hydrogens is 598 g/mol. The lowest BCUT2D eigenvalue weighted by Crippen LogP contribution is -2.81. The standard InChI is InChI=1S/C34H47NO11/c1-7-35-15-31(16-41-3)20(37)13-21(42-4)33-19-14-32(40)28(45-30(39)18-11-9-8-10-12-18)22(19)34(46-17(2)36,27(38)29(32)44-6)23(26(33)35)24(43-5)25(31)33/h8-12,19-29,37-38,40H,7,13-16H2,1-6H3/t19-,20-,21-,22-,23+,24+,25?,26+,27+,28-,29+,31+,32-,33?,34-/m1/s1. The summed E-state index contributed by atoms with van der Waals surface area (Å²) in [5.41, 5.74) is -4.79. The Morgan fingerprint density at radius 2 is 1.72 bits per heavy atom. The molecule has 254 valence electrons. The van der Waals surface area contributed by atoms with E-state index in [1.54, 1.807) is 51.7 Å². The average Bonchev–Trinajstić information content (AvgIpc) is 3.41. The fourth-order valence-electron chi connectivity index (χ4n) is 12.3. The van der Waals surface area contributed by atoms with Gasteiger partial charge in [-0.2, -0.15) is 0 Å². The molecule has 15 atom stereocenters. The number of likely N-dealkylation sites (tertiary alicyclic amines) is 1. The van der Waals surface area contributed by atoms with Gasteiger partial charge in [0.1, 0.15) is 23.9 Å². The third-order valence-corrected chi connectivity index (χ3v) is 13.2. The number of piperidine rings is 1. The molecule has 1 heterocycles. The van der Waals surface area contributed by atoms with Crippen LogP contribution < -0.4 is 0 Å². The zero-order valence-electron chi connectivity index (χ0n) is 27.3. The summed E-state index contributed by atoms with van der Waals surface area (Å²) >= 11 is 0. The van der Waals surface area contributed by atoms with Crippen LogP contribution in [0.3, 0.4) is 0 Å². The Labute approximate surface area is 269 Å². The van der Waals surface area contributed by atoms with Crippen molar-refractivity contribution in [3.63, 3.8) is 0 Å². The van der Waals surface area contributed by atoms with Crippen molar-refractivity contribution in [3.8, 4) is 0 Å². The molecule has 1 aromatic carbocycles. The van der Waals surface area contributed by atoms with E-state index >= 15 is 0 Å². The highest BCUT2D eigenvalue weighted by molar-refractivity contribution is 5.89. The lowest BCUT2D eigenvalue weighted by molar-refractivity contribution is -0.322. The normalized spacial score (nSPS) is 49.9. The molecule has 7 rings (SSSR count). The minimum Gasteiger partial charge on any atom is -0.455 e. The summed E-state index contributed by atoms with van der Waals surface area (Å²) in [4.78, 5) is 29.3. The summed E-state index contributed by atoms with van der Waals surface area (Å²) in [5.74, 6) is -3.65. The number of aliphatic hydroxyl groups is 3. The van der Waals surface area contributed by atoms with Crippen LogP contribution in [0.2, 0.25) is 0 Å². The second kappa shape index (κ2) is 10.9. The first-order valence-corrected chi connectivity index (χ1v) is 16.3. The topological polar surface area (TPSA) is 153 Å². The molecule has 1 spiro atoms. The van der Waals surface area contributed by atoms with Gasteiger partial charge in [-0.05, 0) is 31.0 Å². The SMILES string of the molecule is CCN1C[C@@]2(COC)C3[C@@H](OC)[C@H]4[C@H]1C3([C@@H]1C[C@@]3(O)[C@H](OC(=O)c5ccccc5)[C@@H]1[C@]4(OC(C)=O)[C@@H](O)[C@@H]3OC)[C@H](OC)C[C@H]2O. The Morgan fingerprint density at radius 1 is 1.00 bits per heavy atom. The number of hydrogen-bond acceptors (Lipinski definition) is 12. The highest BCUT2D eigenvalue weighted by atomic mass is 16.6. The van der Waals surface area contributed by atoms with Gasteiger partial charge >= 0.3 is 11.9 Å². The molecule has 1 saturated heterocycles.